The van der Waals surface area contributed by atoms with E-state index in [1.54, 1.807) is 36.4 Å². The van der Waals surface area contributed by atoms with E-state index in [1.807, 2.05) is 37.3 Å². The largest absolute Gasteiger partial charge is 0.508 e. The molecule has 2 aliphatic rings. The first kappa shape index (κ1) is 25.0. The van der Waals surface area contributed by atoms with E-state index < -0.39 is 6.10 Å². The number of nitrogens with zero attached hydrogens (tertiary/aromatic N) is 1. The van der Waals surface area contributed by atoms with Crippen molar-refractivity contribution < 1.29 is 19.7 Å². The highest BCUT2D eigenvalue weighted by molar-refractivity contribution is 5.96. The Kier molecular flexibility index (Phi) is 6.98. The van der Waals surface area contributed by atoms with Crippen LogP contribution in [0.4, 0.5) is 0 Å². The molecule has 3 unspecified atom stereocenters. The summed E-state index contributed by atoms with van der Waals surface area (Å²) >= 11 is 0. The van der Waals surface area contributed by atoms with Crippen LogP contribution in [-0.2, 0) is 0 Å². The summed E-state index contributed by atoms with van der Waals surface area (Å²) in [5.41, 5.74) is 5.39. The van der Waals surface area contributed by atoms with Crippen molar-refractivity contribution in [2.75, 3.05) is 19.7 Å². The van der Waals surface area contributed by atoms with Crippen molar-refractivity contribution in [2.45, 2.75) is 39.3 Å². The predicted molar refractivity (Wildman–Crippen MR) is 149 cm³/mol. The quantitative estimate of drug-likeness (QED) is 0.371. The fraction of sp³-hybridized carbons (Fsp3) is 0.312. The predicted octanol–water partition coefficient (Wildman–Crippen LogP) is 6.91. The van der Waals surface area contributed by atoms with Gasteiger partial charge in [0.05, 0.1) is 0 Å². The van der Waals surface area contributed by atoms with Gasteiger partial charge < -0.3 is 19.7 Å². The molecule has 1 saturated heterocycles. The van der Waals surface area contributed by atoms with Crippen LogP contribution >= 0.6 is 0 Å². The van der Waals surface area contributed by atoms with Crippen molar-refractivity contribution in [3.05, 3.63) is 89.5 Å². The summed E-state index contributed by atoms with van der Waals surface area (Å²) < 4.78 is 12.7. The van der Waals surface area contributed by atoms with Crippen molar-refractivity contribution in [3.63, 3.8) is 0 Å². The Labute approximate surface area is 219 Å². The molecule has 0 aliphatic carbocycles. The number of fused-ring (bicyclic) bond motifs is 1. The topological polar surface area (TPSA) is 62.2 Å². The average molecular weight is 498 g/mol. The van der Waals surface area contributed by atoms with Crippen molar-refractivity contribution in [1.29, 1.82) is 0 Å². The van der Waals surface area contributed by atoms with Crippen molar-refractivity contribution in [2.24, 2.45) is 5.92 Å². The molecular formula is C32H35NO4. The van der Waals surface area contributed by atoms with Gasteiger partial charge in [-0.05, 0) is 104 Å². The summed E-state index contributed by atoms with van der Waals surface area (Å²) in [6.45, 7) is 13.4. The van der Waals surface area contributed by atoms with Gasteiger partial charge in [0.15, 0.2) is 0 Å². The van der Waals surface area contributed by atoms with E-state index in [0.29, 0.717) is 18.4 Å². The van der Waals surface area contributed by atoms with E-state index in [0.717, 1.165) is 58.2 Å². The standard InChI is InChI=1S/C32H35NO4/c1-5-23-14-25(16-27(35)15-23)31-22(4)29-17-26(34)8-11-30(29)37-32(31)24-6-9-28(10-7-24)36-19-21(3)33-13-12-20(2)18-33/h5-11,14-17,20-21,32,34-35H,1,12-13,18-19H2,2-4H3. The monoisotopic (exact) mass is 497 g/mol. The Morgan fingerprint density at radius 3 is 2.57 bits per heavy atom. The lowest BCUT2D eigenvalue weighted by Crippen LogP contribution is -2.35. The molecule has 2 N–H and O–H groups in total. The minimum atomic E-state index is -0.393. The summed E-state index contributed by atoms with van der Waals surface area (Å²) in [7, 11) is 0. The normalized spacial score (nSPS) is 20.3. The molecular weight excluding hydrogens is 462 g/mol. The number of rotatable bonds is 7. The first-order valence-electron chi connectivity index (χ1n) is 13.0. The number of likely N-dealkylation sites (tertiary alicyclic amines) is 1. The summed E-state index contributed by atoms with van der Waals surface area (Å²) in [5.74, 6) is 2.64. The van der Waals surface area contributed by atoms with Gasteiger partial charge in [0, 0.05) is 23.7 Å². The molecule has 192 valence electrons. The number of hydrogen-bond acceptors (Lipinski definition) is 5. The molecule has 2 heterocycles. The van der Waals surface area contributed by atoms with Crippen molar-refractivity contribution >= 4 is 17.2 Å². The summed E-state index contributed by atoms with van der Waals surface area (Å²) in [6, 6.07) is 19.0. The second-order valence-electron chi connectivity index (χ2n) is 10.4. The van der Waals surface area contributed by atoms with Crippen LogP contribution in [0.5, 0.6) is 23.0 Å². The molecule has 0 amide bonds. The van der Waals surface area contributed by atoms with Gasteiger partial charge in [-0.1, -0.05) is 31.7 Å². The number of phenols is 2. The van der Waals surface area contributed by atoms with Crippen LogP contribution in [0.15, 0.2) is 67.2 Å². The van der Waals surface area contributed by atoms with Crippen LogP contribution in [0.2, 0.25) is 0 Å². The zero-order chi connectivity index (χ0) is 26.1. The number of ether oxygens (including phenoxy) is 2. The summed E-state index contributed by atoms with van der Waals surface area (Å²) in [5, 5.41) is 20.5. The van der Waals surface area contributed by atoms with Gasteiger partial charge in [-0.3, -0.25) is 4.90 Å². The molecule has 5 nitrogen and oxygen atoms in total. The number of benzene rings is 3. The van der Waals surface area contributed by atoms with E-state index in [2.05, 4.69) is 25.3 Å². The lowest BCUT2D eigenvalue weighted by molar-refractivity contribution is 0.169. The Morgan fingerprint density at radius 1 is 1.08 bits per heavy atom. The van der Waals surface area contributed by atoms with Crippen LogP contribution < -0.4 is 9.47 Å². The van der Waals surface area contributed by atoms with Crippen LogP contribution in [0.3, 0.4) is 0 Å². The van der Waals surface area contributed by atoms with E-state index in [4.69, 9.17) is 9.47 Å². The van der Waals surface area contributed by atoms with Crippen LogP contribution in [0, 0.1) is 5.92 Å². The maximum atomic E-state index is 10.4. The van der Waals surface area contributed by atoms with Crippen LogP contribution in [0.25, 0.3) is 17.2 Å². The number of phenolic OH excluding ortho intramolecular Hbond substituents is 2. The molecule has 1 fully saturated rings. The second kappa shape index (κ2) is 10.3. The third-order valence-corrected chi connectivity index (χ3v) is 7.52. The van der Waals surface area contributed by atoms with Crippen molar-refractivity contribution in [1.82, 2.24) is 4.90 Å². The fourth-order valence-electron chi connectivity index (χ4n) is 5.38. The second-order valence-corrected chi connectivity index (χ2v) is 10.4. The van der Waals surface area contributed by atoms with Gasteiger partial charge in [-0.25, -0.2) is 0 Å². The molecule has 0 radical (unpaired) electrons. The molecule has 0 bridgehead atoms. The molecule has 3 aromatic carbocycles. The Bertz CT molecular complexity index is 1330. The van der Waals surface area contributed by atoms with Crippen molar-refractivity contribution in [3.8, 4) is 23.0 Å². The minimum absolute atomic E-state index is 0.165. The molecule has 3 aromatic rings. The van der Waals surface area contributed by atoms with Crippen LogP contribution in [0.1, 0.15) is 55.5 Å². The van der Waals surface area contributed by atoms with Gasteiger partial charge in [0.2, 0.25) is 0 Å². The van der Waals surface area contributed by atoms with E-state index >= 15 is 0 Å². The molecule has 0 aromatic heterocycles. The lowest BCUT2D eigenvalue weighted by Gasteiger charge is -2.31. The molecule has 5 heteroatoms. The summed E-state index contributed by atoms with van der Waals surface area (Å²) in [6.07, 6.45) is 2.58. The zero-order valence-corrected chi connectivity index (χ0v) is 21.8. The minimum Gasteiger partial charge on any atom is -0.508 e. The molecule has 0 saturated carbocycles. The Balaban J connectivity index is 1.44. The number of aromatic hydroxyl groups is 2. The average Bonchev–Trinajstić information content (AvgIpc) is 3.33. The van der Waals surface area contributed by atoms with Crippen LogP contribution in [-0.4, -0.2) is 40.9 Å². The van der Waals surface area contributed by atoms with Gasteiger partial charge in [0.1, 0.15) is 35.7 Å². The Hall–Kier alpha value is -3.70. The molecule has 0 spiro atoms. The fourth-order valence-corrected chi connectivity index (χ4v) is 5.38. The first-order valence-corrected chi connectivity index (χ1v) is 13.0. The number of allylic oxidation sites excluding steroid dienone is 1. The highest BCUT2D eigenvalue weighted by Gasteiger charge is 2.30. The Morgan fingerprint density at radius 2 is 1.86 bits per heavy atom. The van der Waals surface area contributed by atoms with E-state index in [9.17, 15) is 10.2 Å². The van der Waals surface area contributed by atoms with Gasteiger partial charge in [0.25, 0.3) is 0 Å². The zero-order valence-electron chi connectivity index (χ0n) is 21.8. The smallest absolute Gasteiger partial charge is 0.150 e. The SMILES string of the molecule is C=Cc1cc(O)cc(C2=C(C)c3cc(O)ccc3OC2c2ccc(OCC(C)N3CCC(C)C3)cc2)c1. The van der Waals surface area contributed by atoms with E-state index in [1.165, 1.54) is 6.42 Å². The number of hydrogen-bond donors (Lipinski definition) is 2. The molecule has 5 rings (SSSR count). The van der Waals surface area contributed by atoms with Gasteiger partial charge >= 0.3 is 0 Å². The maximum Gasteiger partial charge on any atom is 0.150 e. The van der Waals surface area contributed by atoms with E-state index in [-0.39, 0.29) is 11.5 Å². The third-order valence-electron chi connectivity index (χ3n) is 7.52. The highest BCUT2D eigenvalue weighted by Crippen LogP contribution is 2.48. The highest BCUT2D eigenvalue weighted by atomic mass is 16.5. The summed E-state index contributed by atoms with van der Waals surface area (Å²) in [4.78, 5) is 2.50. The third kappa shape index (κ3) is 5.23. The first-order chi connectivity index (χ1) is 17.8. The molecule has 37 heavy (non-hydrogen) atoms. The van der Waals surface area contributed by atoms with Gasteiger partial charge in [-0.2, -0.15) is 0 Å². The molecule has 3 atom stereocenters. The lowest BCUT2D eigenvalue weighted by atomic mass is 9.85. The van der Waals surface area contributed by atoms with Gasteiger partial charge in [-0.15, -0.1) is 0 Å². The molecule has 2 aliphatic heterocycles. The maximum absolute atomic E-state index is 10.4.